The predicted molar refractivity (Wildman–Crippen MR) is 73.6 cm³/mol. The number of nitrogens with two attached hydrogens (primary N) is 1. The third-order valence-corrected chi connectivity index (χ3v) is 3.59. The molecule has 0 radical (unpaired) electrons. The molecule has 0 amide bonds. The van der Waals surface area contributed by atoms with Crippen molar-refractivity contribution < 1.29 is 4.74 Å². The molecule has 1 aliphatic heterocycles. The van der Waals surface area contributed by atoms with Crippen LogP contribution in [0.5, 0.6) is 5.75 Å². The van der Waals surface area contributed by atoms with Crippen LogP contribution in [0.1, 0.15) is 6.42 Å². The van der Waals surface area contributed by atoms with E-state index in [0.717, 1.165) is 18.7 Å². The highest BCUT2D eigenvalue weighted by atomic mass is 16.5. The number of hydrogen-bond acceptors (Lipinski definition) is 3. The normalized spacial score (nSPS) is 25.9. The van der Waals surface area contributed by atoms with Gasteiger partial charge in [-0.25, -0.2) is 0 Å². The average molecular weight is 242 g/mol. The van der Waals surface area contributed by atoms with E-state index in [2.05, 4.69) is 35.4 Å². The van der Waals surface area contributed by atoms with Gasteiger partial charge in [-0.05, 0) is 36.3 Å². The molecule has 0 spiro atoms. The Labute approximate surface area is 108 Å². The summed E-state index contributed by atoms with van der Waals surface area (Å²) in [5.74, 6) is 1.45. The fourth-order valence-corrected chi connectivity index (χ4v) is 2.35. The van der Waals surface area contributed by atoms with Crippen LogP contribution in [0.25, 0.3) is 0 Å². The van der Waals surface area contributed by atoms with E-state index in [1.807, 2.05) is 12.1 Å². The number of benzene rings is 1. The van der Waals surface area contributed by atoms with Crippen LogP contribution in [-0.2, 0) is 0 Å². The molecule has 0 unspecified atom stereocenters. The summed E-state index contributed by atoms with van der Waals surface area (Å²) in [6, 6.07) is 8.50. The van der Waals surface area contributed by atoms with Crippen molar-refractivity contribution in [1.82, 2.24) is 0 Å². The van der Waals surface area contributed by atoms with Gasteiger partial charge in [0.15, 0.2) is 0 Å². The first-order chi connectivity index (χ1) is 8.78. The Bertz CT molecular complexity index is 490. The second-order valence-corrected chi connectivity index (χ2v) is 4.89. The zero-order valence-corrected chi connectivity index (χ0v) is 10.5. The Morgan fingerprint density at radius 2 is 2.00 bits per heavy atom. The highest BCUT2D eigenvalue weighted by molar-refractivity contribution is 5.55. The molecule has 94 valence electrons. The SMILES string of the molecule is COc1ccc(N2C=C([C@@H]3C[C@H]3N)C=CC2)cc1. The van der Waals surface area contributed by atoms with Gasteiger partial charge in [0.1, 0.15) is 5.75 Å². The van der Waals surface area contributed by atoms with Crippen molar-refractivity contribution in [2.75, 3.05) is 18.6 Å². The average Bonchev–Trinajstić information content (AvgIpc) is 3.16. The number of allylic oxidation sites excluding steroid dienone is 1. The summed E-state index contributed by atoms with van der Waals surface area (Å²) in [6.45, 7) is 0.914. The van der Waals surface area contributed by atoms with Crippen LogP contribution in [0.4, 0.5) is 5.69 Å². The van der Waals surface area contributed by atoms with E-state index in [1.54, 1.807) is 7.11 Å². The van der Waals surface area contributed by atoms with E-state index in [9.17, 15) is 0 Å². The third-order valence-electron chi connectivity index (χ3n) is 3.59. The molecule has 18 heavy (non-hydrogen) atoms. The van der Waals surface area contributed by atoms with Gasteiger partial charge >= 0.3 is 0 Å². The minimum atomic E-state index is 0.358. The molecule has 3 rings (SSSR count). The van der Waals surface area contributed by atoms with Crippen molar-refractivity contribution in [2.45, 2.75) is 12.5 Å². The Hall–Kier alpha value is -1.74. The van der Waals surface area contributed by atoms with Crippen LogP contribution in [-0.4, -0.2) is 19.7 Å². The monoisotopic (exact) mass is 242 g/mol. The molecule has 1 heterocycles. The Kier molecular flexibility index (Phi) is 2.84. The van der Waals surface area contributed by atoms with Crippen molar-refractivity contribution in [3.63, 3.8) is 0 Å². The van der Waals surface area contributed by atoms with Gasteiger partial charge in [0.2, 0.25) is 0 Å². The second kappa shape index (κ2) is 4.50. The molecule has 0 aromatic heterocycles. The van der Waals surface area contributed by atoms with E-state index >= 15 is 0 Å². The zero-order chi connectivity index (χ0) is 12.5. The van der Waals surface area contributed by atoms with Crippen LogP contribution in [0.2, 0.25) is 0 Å². The van der Waals surface area contributed by atoms with E-state index < -0.39 is 0 Å². The molecule has 0 bridgehead atoms. The minimum Gasteiger partial charge on any atom is -0.497 e. The highest BCUT2D eigenvalue weighted by Gasteiger charge is 2.36. The smallest absolute Gasteiger partial charge is 0.119 e. The Balaban J connectivity index is 1.79. The van der Waals surface area contributed by atoms with Crippen molar-refractivity contribution >= 4 is 5.69 Å². The Morgan fingerprint density at radius 1 is 1.28 bits per heavy atom. The number of rotatable bonds is 3. The van der Waals surface area contributed by atoms with Crippen LogP contribution >= 0.6 is 0 Å². The lowest BCUT2D eigenvalue weighted by Crippen LogP contribution is -2.20. The fraction of sp³-hybridized carbons (Fsp3) is 0.333. The molecule has 2 atom stereocenters. The molecule has 1 aromatic rings. The van der Waals surface area contributed by atoms with Crippen molar-refractivity contribution in [1.29, 1.82) is 0 Å². The number of hydrogen-bond donors (Lipinski definition) is 1. The summed E-state index contributed by atoms with van der Waals surface area (Å²) in [5, 5.41) is 0. The lowest BCUT2D eigenvalue weighted by Gasteiger charge is -2.23. The van der Waals surface area contributed by atoms with Crippen LogP contribution in [0.3, 0.4) is 0 Å². The molecule has 1 aromatic carbocycles. The first-order valence-corrected chi connectivity index (χ1v) is 6.32. The zero-order valence-electron chi connectivity index (χ0n) is 10.5. The summed E-state index contributed by atoms with van der Waals surface area (Å²) in [7, 11) is 1.69. The maximum atomic E-state index is 5.91. The lowest BCUT2D eigenvalue weighted by molar-refractivity contribution is 0.415. The quantitative estimate of drug-likeness (QED) is 0.884. The van der Waals surface area contributed by atoms with Crippen molar-refractivity contribution in [3.05, 3.63) is 48.2 Å². The first kappa shape index (κ1) is 11.4. The summed E-state index contributed by atoms with van der Waals surface area (Å²) in [5.41, 5.74) is 8.45. The molecule has 1 saturated carbocycles. The van der Waals surface area contributed by atoms with E-state index in [4.69, 9.17) is 10.5 Å². The molecule has 3 nitrogen and oxygen atoms in total. The highest BCUT2D eigenvalue weighted by Crippen LogP contribution is 2.37. The summed E-state index contributed by atoms with van der Waals surface area (Å²) < 4.78 is 5.18. The predicted octanol–water partition coefficient (Wildman–Crippen LogP) is 2.30. The van der Waals surface area contributed by atoms with Crippen LogP contribution in [0.15, 0.2) is 48.2 Å². The topological polar surface area (TPSA) is 38.5 Å². The van der Waals surface area contributed by atoms with Gasteiger partial charge in [-0.15, -0.1) is 0 Å². The summed E-state index contributed by atoms with van der Waals surface area (Å²) in [6.07, 6.45) is 7.74. The molecule has 2 N–H and O–H groups in total. The molecular formula is C15H18N2O. The first-order valence-electron chi connectivity index (χ1n) is 6.32. The molecule has 3 heteroatoms. The molecular weight excluding hydrogens is 224 g/mol. The number of ether oxygens (including phenoxy) is 1. The van der Waals surface area contributed by atoms with Gasteiger partial charge in [-0.2, -0.15) is 0 Å². The number of nitrogens with zero attached hydrogens (tertiary/aromatic N) is 1. The minimum absolute atomic E-state index is 0.358. The molecule has 1 fully saturated rings. The maximum absolute atomic E-state index is 5.91. The lowest BCUT2D eigenvalue weighted by atomic mass is 10.1. The van der Waals surface area contributed by atoms with Crippen molar-refractivity contribution in [3.8, 4) is 5.75 Å². The van der Waals surface area contributed by atoms with E-state index in [1.165, 1.54) is 11.3 Å². The second-order valence-electron chi connectivity index (χ2n) is 4.89. The van der Waals surface area contributed by atoms with Crippen molar-refractivity contribution in [2.24, 2.45) is 11.7 Å². The largest absolute Gasteiger partial charge is 0.497 e. The van der Waals surface area contributed by atoms with Crippen LogP contribution < -0.4 is 15.4 Å². The fourth-order valence-electron chi connectivity index (χ4n) is 2.35. The summed E-state index contributed by atoms with van der Waals surface area (Å²) >= 11 is 0. The van der Waals surface area contributed by atoms with Gasteiger partial charge < -0.3 is 15.4 Å². The molecule has 0 saturated heterocycles. The standard InChI is InChI=1S/C15H18N2O/c1-18-13-6-4-12(5-7-13)17-8-2-3-11(10-17)14-9-15(14)16/h2-7,10,14-15H,8-9,16H2,1H3/t14-,15+/m0/s1. The van der Waals surface area contributed by atoms with Gasteiger partial charge in [-0.3, -0.25) is 0 Å². The van der Waals surface area contributed by atoms with Crippen LogP contribution in [0, 0.1) is 5.92 Å². The molecule has 1 aliphatic carbocycles. The Morgan fingerprint density at radius 3 is 2.61 bits per heavy atom. The van der Waals surface area contributed by atoms with E-state index in [0.29, 0.717) is 12.0 Å². The maximum Gasteiger partial charge on any atom is 0.119 e. The van der Waals surface area contributed by atoms with Gasteiger partial charge in [-0.1, -0.05) is 12.2 Å². The van der Waals surface area contributed by atoms with Gasteiger partial charge in [0.25, 0.3) is 0 Å². The van der Waals surface area contributed by atoms with E-state index in [-0.39, 0.29) is 0 Å². The number of anilines is 1. The summed E-state index contributed by atoms with van der Waals surface area (Å²) in [4.78, 5) is 2.25. The van der Waals surface area contributed by atoms with Gasteiger partial charge in [0, 0.05) is 30.4 Å². The molecule has 2 aliphatic rings. The third kappa shape index (κ3) is 2.14. The number of methoxy groups -OCH3 is 1. The van der Waals surface area contributed by atoms with Gasteiger partial charge in [0.05, 0.1) is 7.11 Å².